The molecule has 3 rings (SSSR count). The van der Waals surface area contributed by atoms with Crippen molar-refractivity contribution >= 4 is 5.96 Å². The lowest BCUT2D eigenvalue weighted by atomic mass is 10.0. The molecule has 0 saturated carbocycles. The van der Waals surface area contributed by atoms with Crippen LogP contribution in [0.2, 0.25) is 0 Å². The third-order valence-corrected chi connectivity index (χ3v) is 5.65. The maximum atomic E-state index is 6.01. The summed E-state index contributed by atoms with van der Waals surface area (Å²) < 4.78 is 16.9. The van der Waals surface area contributed by atoms with Gasteiger partial charge in [-0.15, -0.1) is 0 Å². The van der Waals surface area contributed by atoms with E-state index in [1.54, 1.807) is 7.11 Å². The molecule has 0 radical (unpaired) electrons. The maximum absolute atomic E-state index is 6.01. The fraction of sp³-hybridized carbons (Fsp3) is 0.682. The monoisotopic (exact) mass is 404 g/mol. The molecule has 7 nitrogen and oxygen atoms in total. The summed E-state index contributed by atoms with van der Waals surface area (Å²) in [5.74, 6) is 3.06. The molecule has 2 aliphatic heterocycles. The van der Waals surface area contributed by atoms with E-state index in [9.17, 15) is 0 Å². The number of aliphatic imine (C=N–C) groups is 1. The Morgan fingerprint density at radius 2 is 2.00 bits per heavy atom. The van der Waals surface area contributed by atoms with Gasteiger partial charge in [-0.3, -0.25) is 4.99 Å². The largest absolute Gasteiger partial charge is 0.493 e. The Balaban J connectivity index is 1.37. The summed E-state index contributed by atoms with van der Waals surface area (Å²) in [6.07, 6.45) is 3.48. The van der Waals surface area contributed by atoms with Gasteiger partial charge < -0.3 is 29.7 Å². The molecule has 0 amide bonds. The highest BCUT2D eigenvalue weighted by Gasteiger charge is 2.24. The highest BCUT2D eigenvalue weighted by atomic mass is 16.5. The van der Waals surface area contributed by atoms with E-state index in [1.165, 1.54) is 13.0 Å². The first kappa shape index (κ1) is 21.7. The number of para-hydroxylation sites is 2. The normalized spacial score (nSPS) is 22.3. The van der Waals surface area contributed by atoms with Gasteiger partial charge in [0.1, 0.15) is 6.10 Å². The average molecular weight is 405 g/mol. The molecule has 162 valence electrons. The van der Waals surface area contributed by atoms with Crippen LogP contribution < -0.4 is 20.1 Å². The number of piperidine rings is 1. The van der Waals surface area contributed by atoms with Gasteiger partial charge >= 0.3 is 0 Å². The first-order chi connectivity index (χ1) is 14.2. The number of hydrogen-bond donors (Lipinski definition) is 2. The number of likely N-dealkylation sites (tertiary alicyclic amines) is 1. The molecule has 2 unspecified atom stereocenters. The van der Waals surface area contributed by atoms with Crippen molar-refractivity contribution in [2.75, 3.05) is 53.6 Å². The number of nitrogens with one attached hydrogen (secondary N) is 2. The van der Waals surface area contributed by atoms with Gasteiger partial charge in [0.2, 0.25) is 0 Å². The Morgan fingerprint density at radius 1 is 1.24 bits per heavy atom. The molecule has 2 saturated heterocycles. The van der Waals surface area contributed by atoms with Crippen LogP contribution in [-0.2, 0) is 4.74 Å². The fourth-order valence-electron chi connectivity index (χ4n) is 3.96. The van der Waals surface area contributed by atoms with E-state index in [-0.39, 0.29) is 6.10 Å². The van der Waals surface area contributed by atoms with Crippen LogP contribution in [0.25, 0.3) is 0 Å². The summed E-state index contributed by atoms with van der Waals surface area (Å²) in [7, 11) is 3.47. The van der Waals surface area contributed by atoms with Crippen molar-refractivity contribution in [2.45, 2.75) is 38.3 Å². The van der Waals surface area contributed by atoms with Crippen molar-refractivity contribution in [1.29, 1.82) is 0 Å². The lowest BCUT2D eigenvalue weighted by Gasteiger charge is -2.34. The van der Waals surface area contributed by atoms with Crippen LogP contribution in [0.4, 0.5) is 0 Å². The molecule has 1 aromatic rings. The predicted octanol–water partition coefficient (Wildman–Crippen LogP) is 2.13. The topological polar surface area (TPSA) is 67.4 Å². The van der Waals surface area contributed by atoms with Crippen LogP contribution in [0.5, 0.6) is 11.5 Å². The second kappa shape index (κ2) is 11.3. The van der Waals surface area contributed by atoms with Gasteiger partial charge in [-0.25, -0.2) is 0 Å². The SMILES string of the molecule is CN=C(NCC(C)Oc1ccccc1OC)NC1CCN(CC2CCOC2)CC1. The Bertz CT molecular complexity index is 641. The minimum atomic E-state index is -0.0136. The van der Waals surface area contributed by atoms with Crippen LogP contribution in [-0.4, -0.2) is 76.6 Å². The van der Waals surface area contributed by atoms with Gasteiger partial charge in [0.05, 0.1) is 20.3 Å². The van der Waals surface area contributed by atoms with E-state index >= 15 is 0 Å². The molecule has 29 heavy (non-hydrogen) atoms. The third-order valence-electron chi connectivity index (χ3n) is 5.65. The minimum absolute atomic E-state index is 0.0136. The number of ether oxygens (including phenoxy) is 3. The number of guanidine groups is 1. The van der Waals surface area contributed by atoms with E-state index < -0.39 is 0 Å². The minimum Gasteiger partial charge on any atom is -0.493 e. The molecule has 2 aliphatic rings. The predicted molar refractivity (Wildman–Crippen MR) is 116 cm³/mol. The van der Waals surface area contributed by atoms with E-state index in [4.69, 9.17) is 14.2 Å². The van der Waals surface area contributed by atoms with Crippen molar-refractivity contribution in [3.63, 3.8) is 0 Å². The van der Waals surface area contributed by atoms with Crippen LogP contribution in [0, 0.1) is 5.92 Å². The Hall–Kier alpha value is -1.99. The molecule has 7 heteroatoms. The summed E-state index contributed by atoms with van der Waals surface area (Å²) >= 11 is 0. The Labute approximate surface area is 174 Å². The molecule has 0 bridgehead atoms. The fourth-order valence-corrected chi connectivity index (χ4v) is 3.96. The number of nitrogens with zero attached hydrogens (tertiary/aromatic N) is 2. The molecule has 0 aliphatic carbocycles. The third kappa shape index (κ3) is 6.78. The van der Waals surface area contributed by atoms with Crippen LogP contribution in [0.3, 0.4) is 0 Å². The van der Waals surface area contributed by atoms with Gasteiger partial charge in [-0.1, -0.05) is 12.1 Å². The molecule has 2 atom stereocenters. The highest BCUT2D eigenvalue weighted by Crippen LogP contribution is 2.26. The average Bonchev–Trinajstić information content (AvgIpc) is 3.26. The van der Waals surface area contributed by atoms with Crippen molar-refractivity contribution < 1.29 is 14.2 Å². The second-order valence-electron chi connectivity index (χ2n) is 7.98. The molecule has 2 heterocycles. The lowest BCUT2D eigenvalue weighted by molar-refractivity contribution is 0.150. The van der Waals surface area contributed by atoms with Crippen molar-refractivity contribution in [1.82, 2.24) is 15.5 Å². The number of hydrogen-bond acceptors (Lipinski definition) is 5. The standard InChI is InChI=1S/C22H36N4O3/c1-17(29-21-7-5-4-6-20(21)27-3)14-24-22(23-2)25-19-8-11-26(12-9-19)15-18-10-13-28-16-18/h4-7,17-19H,8-16H2,1-3H3,(H2,23,24,25). The van der Waals surface area contributed by atoms with Crippen LogP contribution in [0.15, 0.2) is 29.3 Å². The Morgan fingerprint density at radius 3 is 2.66 bits per heavy atom. The number of benzene rings is 1. The highest BCUT2D eigenvalue weighted by molar-refractivity contribution is 5.80. The molecule has 1 aromatic carbocycles. The van der Waals surface area contributed by atoms with Crippen molar-refractivity contribution in [3.05, 3.63) is 24.3 Å². The van der Waals surface area contributed by atoms with E-state index in [1.807, 2.05) is 38.2 Å². The zero-order chi connectivity index (χ0) is 20.5. The summed E-state index contributed by atoms with van der Waals surface area (Å²) in [6, 6.07) is 8.18. The van der Waals surface area contributed by atoms with Gasteiger partial charge in [0.25, 0.3) is 0 Å². The summed E-state index contributed by atoms with van der Waals surface area (Å²) in [4.78, 5) is 6.96. The smallest absolute Gasteiger partial charge is 0.191 e. The van der Waals surface area contributed by atoms with Crippen LogP contribution in [0.1, 0.15) is 26.2 Å². The summed E-state index contributed by atoms with van der Waals surface area (Å²) in [6.45, 7) is 8.03. The molecule has 0 aromatic heterocycles. The molecular formula is C22H36N4O3. The van der Waals surface area contributed by atoms with Gasteiger partial charge in [-0.2, -0.15) is 0 Å². The quantitative estimate of drug-likeness (QED) is 0.511. The van der Waals surface area contributed by atoms with E-state index in [0.717, 1.165) is 62.5 Å². The number of rotatable bonds is 8. The van der Waals surface area contributed by atoms with Crippen molar-refractivity contribution in [3.8, 4) is 11.5 Å². The summed E-state index contributed by atoms with van der Waals surface area (Å²) in [5, 5.41) is 6.96. The van der Waals surface area contributed by atoms with Crippen molar-refractivity contribution in [2.24, 2.45) is 10.9 Å². The molecule has 2 fully saturated rings. The second-order valence-corrected chi connectivity index (χ2v) is 7.98. The zero-order valence-electron chi connectivity index (χ0n) is 18.0. The molecule has 2 N–H and O–H groups in total. The van der Waals surface area contributed by atoms with E-state index in [0.29, 0.717) is 12.6 Å². The maximum Gasteiger partial charge on any atom is 0.191 e. The number of methoxy groups -OCH3 is 1. The Kier molecular flexibility index (Phi) is 8.43. The zero-order valence-corrected chi connectivity index (χ0v) is 18.0. The van der Waals surface area contributed by atoms with Gasteiger partial charge in [0.15, 0.2) is 17.5 Å². The van der Waals surface area contributed by atoms with Gasteiger partial charge in [-0.05, 0) is 44.2 Å². The van der Waals surface area contributed by atoms with Crippen LogP contribution >= 0.6 is 0 Å². The summed E-state index contributed by atoms with van der Waals surface area (Å²) in [5.41, 5.74) is 0. The molecular weight excluding hydrogens is 368 g/mol. The van der Waals surface area contributed by atoms with Gasteiger partial charge in [0, 0.05) is 39.3 Å². The lowest BCUT2D eigenvalue weighted by Crippen LogP contribution is -2.50. The first-order valence-electron chi connectivity index (χ1n) is 10.7. The van der Waals surface area contributed by atoms with E-state index in [2.05, 4.69) is 20.5 Å². The molecule has 0 spiro atoms. The first-order valence-corrected chi connectivity index (χ1v) is 10.7.